The molecule has 8 heteroatoms. The molecule has 5 nitrogen and oxygen atoms in total. The second-order valence-electron chi connectivity index (χ2n) is 5.63. The van der Waals surface area contributed by atoms with Crippen molar-refractivity contribution in [3.05, 3.63) is 54.1 Å². The summed E-state index contributed by atoms with van der Waals surface area (Å²) in [6.07, 6.45) is 5.95. The molecular formula is C16H21ClO5P2+2. The van der Waals surface area contributed by atoms with Crippen LogP contribution < -0.4 is 0 Å². The van der Waals surface area contributed by atoms with Gasteiger partial charge >= 0.3 is 16.3 Å². The van der Waals surface area contributed by atoms with Crippen LogP contribution in [0.5, 0.6) is 0 Å². The van der Waals surface area contributed by atoms with Gasteiger partial charge in [-0.3, -0.25) is 0 Å². The number of hydrogen-bond donors (Lipinski definition) is 2. The molecule has 0 amide bonds. The molecule has 4 unspecified atom stereocenters. The number of benzene rings is 1. The molecule has 0 aliphatic heterocycles. The smallest absolute Gasteiger partial charge is 0.161 e. The van der Waals surface area contributed by atoms with Crippen LogP contribution in [-0.4, -0.2) is 28.4 Å². The molecule has 1 aromatic carbocycles. The molecular weight excluding hydrogens is 370 g/mol. The van der Waals surface area contributed by atoms with E-state index in [0.29, 0.717) is 12.0 Å². The second-order valence-corrected chi connectivity index (χ2v) is 7.70. The van der Waals surface area contributed by atoms with Gasteiger partial charge in [0.25, 0.3) is 0 Å². The lowest BCUT2D eigenvalue weighted by Gasteiger charge is -2.17. The zero-order valence-corrected chi connectivity index (χ0v) is 15.9. The molecule has 24 heavy (non-hydrogen) atoms. The van der Waals surface area contributed by atoms with Crippen LogP contribution in [0.2, 0.25) is 0 Å². The number of hydrogen-bond acceptors (Lipinski definition) is 3. The predicted octanol–water partition coefficient (Wildman–Crippen LogP) is 4.62. The molecule has 0 radical (unpaired) electrons. The molecule has 0 saturated heterocycles. The third-order valence-electron chi connectivity index (χ3n) is 3.56. The van der Waals surface area contributed by atoms with E-state index < -0.39 is 21.7 Å². The summed E-state index contributed by atoms with van der Waals surface area (Å²) >= 11 is 5.56. The molecule has 130 valence electrons. The zero-order chi connectivity index (χ0) is 18.2. The van der Waals surface area contributed by atoms with E-state index in [1.165, 1.54) is 11.1 Å². The first-order valence-electron chi connectivity index (χ1n) is 7.20. The number of alkyl halides is 1. The highest BCUT2D eigenvalue weighted by Crippen LogP contribution is 2.34. The van der Waals surface area contributed by atoms with Crippen LogP contribution in [0.4, 0.5) is 0 Å². The van der Waals surface area contributed by atoms with Crippen molar-refractivity contribution in [1.29, 1.82) is 0 Å². The topological polar surface area (TPSA) is 83.8 Å². The van der Waals surface area contributed by atoms with Gasteiger partial charge in [0.05, 0.1) is 0 Å². The van der Waals surface area contributed by atoms with E-state index in [1.807, 2.05) is 36.4 Å². The minimum Gasteiger partial charge on any atom is -0.161 e. The Labute approximate surface area is 148 Å². The Bertz CT molecular complexity index is 635. The van der Waals surface area contributed by atoms with E-state index in [2.05, 4.69) is 11.1 Å². The van der Waals surface area contributed by atoms with Crippen LogP contribution in [0.25, 0.3) is 6.08 Å². The summed E-state index contributed by atoms with van der Waals surface area (Å²) in [6.45, 7) is 5.45. The van der Waals surface area contributed by atoms with Gasteiger partial charge in [-0.25, -0.2) is 0 Å². The van der Waals surface area contributed by atoms with Crippen LogP contribution in [0.1, 0.15) is 24.0 Å². The van der Waals surface area contributed by atoms with Crippen LogP contribution in [0.3, 0.4) is 0 Å². The van der Waals surface area contributed by atoms with Gasteiger partial charge in [0.2, 0.25) is 0 Å². The van der Waals surface area contributed by atoms with Crippen molar-refractivity contribution >= 4 is 34.0 Å². The van der Waals surface area contributed by atoms with E-state index >= 15 is 0 Å². The SMILES string of the molecule is C=CC(C)(CCl)CO[P+](=O)O.O=[P+](O)CC1C=Cc2ccccc21. The van der Waals surface area contributed by atoms with E-state index in [-0.39, 0.29) is 12.5 Å². The molecule has 0 spiro atoms. The summed E-state index contributed by atoms with van der Waals surface area (Å²) in [6, 6.07) is 7.98. The lowest BCUT2D eigenvalue weighted by Crippen LogP contribution is -2.20. The van der Waals surface area contributed by atoms with Crippen molar-refractivity contribution in [2.24, 2.45) is 5.41 Å². The van der Waals surface area contributed by atoms with Crippen molar-refractivity contribution in [3.8, 4) is 0 Å². The molecule has 0 bridgehead atoms. The van der Waals surface area contributed by atoms with E-state index in [4.69, 9.17) is 21.4 Å². The standard InChI is InChI=1S/C10H9O2P.C6H10ClO3P/c11-13(12)7-9-6-5-8-3-1-2-4-10(8)9;1-3-6(2,4-7)5-10-11(8)9/h1-6,9H,7H2;3H,1,4-5H2,2H3/p+2. The Morgan fingerprint density at radius 2 is 2.04 bits per heavy atom. The monoisotopic (exact) mass is 390 g/mol. The van der Waals surface area contributed by atoms with Gasteiger partial charge < -0.3 is 0 Å². The highest BCUT2D eigenvalue weighted by molar-refractivity contribution is 7.38. The van der Waals surface area contributed by atoms with Crippen LogP contribution in [-0.2, 0) is 13.7 Å². The molecule has 4 atom stereocenters. The summed E-state index contributed by atoms with van der Waals surface area (Å²) in [5.41, 5.74) is 1.92. The molecule has 0 fully saturated rings. The number of halogens is 1. The summed E-state index contributed by atoms with van der Waals surface area (Å²) in [4.78, 5) is 17.1. The first-order valence-corrected chi connectivity index (χ1v) is 10.3. The maximum atomic E-state index is 10.7. The van der Waals surface area contributed by atoms with Gasteiger partial charge in [-0.05, 0) is 15.7 Å². The second kappa shape index (κ2) is 10.1. The fraction of sp³-hybridized carbons (Fsp3) is 0.375. The molecule has 0 aromatic heterocycles. The number of allylic oxidation sites excluding steroid dienone is 1. The summed E-state index contributed by atoms with van der Waals surface area (Å²) in [5, 5.41) is 0. The molecule has 1 aromatic rings. The Balaban J connectivity index is 0.000000245. The first-order chi connectivity index (χ1) is 11.3. The van der Waals surface area contributed by atoms with Gasteiger partial charge in [-0.1, -0.05) is 49.4 Å². The molecule has 0 heterocycles. The first kappa shape index (κ1) is 21.1. The summed E-state index contributed by atoms with van der Waals surface area (Å²) < 4.78 is 25.3. The zero-order valence-electron chi connectivity index (χ0n) is 13.3. The molecule has 1 aliphatic rings. The van der Waals surface area contributed by atoms with E-state index in [1.54, 1.807) is 13.0 Å². The lowest BCUT2D eigenvalue weighted by molar-refractivity contribution is 0.210. The van der Waals surface area contributed by atoms with Gasteiger partial charge in [0.1, 0.15) is 6.61 Å². The fourth-order valence-corrected chi connectivity index (χ4v) is 3.25. The minimum absolute atomic E-state index is 0.117. The van der Waals surface area contributed by atoms with Crippen LogP contribution >= 0.6 is 27.9 Å². The molecule has 2 rings (SSSR count). The highest BCUT2D eigenvalue weighted by Gasteiger charge is 2.26. The van der Waals surface area contributed by atoms with E-state index in [9.17, 15) is 9.13 Å². The normalized spacial score (nSPS) is 18.8. The van der Waals surface area contributed by atoms with Gasteiger partial charge in [-0.15, -0.1) is 27.6 Å². The summed E-state index contributed by atoms with van der Waals surface area (Å²) in [5.74, 6) is 0.449. The van der Waals surface area contributed by atoms with Crippen molar-refractivity contribution < 1.29 is 23.4 Å². The van der Waals surface area contributed by atoms with E-state index in [0.717, 1.165) is 0 Å². The largest absolute Gasteiger partial charge is 0.694 e. The lowest BCUT2D eigenvalue weighted by atomic mass is 9.95. The minimum atomic E-state index is -2.53. The number of fused-ring (bicyclic) bond motifs is 1. The third-order valence-corrected chi connectivity index (χ3v) is 5.23. The van der Waals surface area contributed by atoms with Crippen molar-refractivity contribution in [2.45, 2.75) is 12.8 Å². The van der Waals surface area contributed by atoms with Crippen molar-refractivity contribution in [2.75, 3.05) is 18.6 Å². The average molecular weight is 391 g/mol. The van der Waals surface area contributed by atoms with Crippen LogP contribution in [0, 0.1) is 5.41 Å². The van der Waals surface area contributed by atoms with Gasteiger partial charge in [0, 0.05) is 21.8 Å². The Morgan fingerprint density at radius 1 is 1.38 bits per heavy atom. The van der Waals surface area contributed by atoms with Gasteiger partial charge in [0.15, 0.2) is 6.16 Å². The summed E-state index contributed by atoms with van der Waals surface area (Å²) in [7, 11) is -4.57. The Hall–Kier alpha value is -0.930. The number of rotatable bonds is 7. The molecule has 1 aliphatic carbocycles. The quantitative estimate of drug-likeness (QED) is 0.403. The maximum Gasteiger partial charge on any atom is 0.694 e. The average Bonchev–Trinajstić information content (AvgIpc) is 2.96. The Morgan fingerprint density at radius 3 is 2.58 bits per heavy atom. The fourth-order valence-electron chi connectivity index (χ4n) is 2.01. The highest BCUT2D eigenvalue weighted by atomic mass is 35.5. The predicted molar refractivity (Wildman–Crippen MR) is 97.7 cm³/mol. The molecule has 0 saturated carbocycles. The van der Waals surface area contributed by atoms with Gasteiger partial charge in [-0.2, -0.15) is 4.89 Å². The molecule has 2 N–H and O–H groups in total. The van der Waals surface area contributed by atoms with Crippen molar-refractivity contribution in [3.63, 3.8) is 0 Å². The Kier molecular flexibility index (Phi) is 8.93. The van der Waals surface area contributed by atoms with Crippen LogP contribution in [0.15, 0.2) is 43.0 Å². The third kappa shape index (κ3) is 6.90. The van der Waals surface area contributed by atoms with Crippen molar-refractivity contribution in [1.82, 2.24) is 0 Å². The maximum absolute atomic E-state index is 10.7.